The molecule has 106 valence electrons. The fourth-order valence-corrected chi connectivity index (χ4v) is 2.34. The van der Waals surface area contributed by atoms with Gasteiger partial charge in [-0.15, -0.1) is 0 Å². The minimum Gasteiger partial charge on any atom is -0.271 e. The minimum absolute atomic E-state index is 0.00749. The summed E-state index contributed by atoms with van der Waals surface area (Å²) in [6.45, 7) is 0. The van der Waals surface area contributed by atoms with Gasteiger partial charge in [-0.3, -0.25) is 11.3 Å². The fraction of sp³-hybridized carbons (Fsp3) is 0.143. The molecule has 0 radical (unpaired) electrons. The second-order valence-corrected chi connectivity index (χ2v) is 5.12. The van der Waals surface area contributed by atoms with E-state index in [1.165, 1.54) is 24.3 Å². The van der Waals surface area contributed by atoms with E-state index in [9.17, 15) is 8.78 Å². The molecule has 0 aliphatic heterocycles. The van der Waals surface area contributed by atoms with Gasteiger partial charge < -0.3 is 0 Å². The van der Waals surface area contributed by atoms with Gasteiger partial charge in [0.1, 0.15) is 11.6 Å². The summed E-state index contributed by atoms with van der Waals surface area (Å²) >= 11 is 11.7. The second kappa shape index (κ2) is 6.50. The number of nitrogens with two attached hydrogens (primary N) is 1. The number of rotatable bonds is 4. The predicted molar refractivity (Wildman–Crippen MR) is 76.6 cm³/mol. The average molecular weight is 317 g/mol. The van der Waals surface area contributed by atoms with Gasteiger partial charge >= 0.3 is 0 Å². The molecule has 2 nitrogen and oxygen atoms in total. The van der Waals surface area contributed by atoms with Crippen molar-refractivity contribution in [3.8, 4) is 0 Å². The van der Waals surface area contributed by atoms with E-state index >= 15 is 0 Å². The third-order valence-corrected chi connectivity index (χ3v) is 3.65. The standard InChI is InChI=1S/C14H12Cl2F2N2/c15-11-5-4-9(17)6-8(11)7-13(20-19)10-2-1-3-12(16)14(10)18/h1-6,13,20H,7,19H2. The second-order valence-electron chi connectivity index (χ2n) is 4.30. The molecule has 6 heteroatoms. The third-order valence-electron chi connectivity index (χ3n) is 2.99. The van der Waals surface area contributed by atoms with Crippen LogP contribution in [-0.2, 0) is 6.42 Å². The normalized spacial score (nSPS) is 12.4. The Morgan fingerprint density at radius 1 is 1.10 bits per heavy atom. The Balaban J connectivity index is 2.34. The maximum absolute atomic E-state index is 14.0. The lowest BCUT2D eigenvalue weighted by Crippen LogP contribution is -2.30. The van der Waals surface area contributed by atoms with E-state index in [0.717, 1.165) is 0 Å². The highest BCUT2D eigenvalue weighted by Crippen LogP contribution is 2.28. The number of hydrogen-bond acceptors (Lipinski definition) is 2. The van der Waals surface area contributed by atoms with E-state index in [4.69, 9.17) is 29.0 Å². The van der Waals surface area contributed by atoms with E-state index in [2.05, 4.69) is 5.43 Å². The Hall–Kier alpha value is -1.20. The number of benzene rings is 2. The van der Waals surface area contributed by atoms with Crippen molar-refractivity contribution >= 4 is 23.2 Å². The van der Waals surface area contributed by atoms with Crippen LogP contribution in [0.3, 0.4) is 0 Å². The molecule has 0 heterocycles. The molecule has 0 fully saturated rings. The van der Waals surface area contributed by atoms with Gasteiger partial charge in [0.2, 0.25) is 0 Å². The van der Waals surface area contributed by atoms with Crippen LogP contribution in [-0.4, -0.2) is 0 Å². The van der Waals surface area contributed by atoms with Crippen LogP contribution in [0.5, 0.6) is 0 Å². The molecule has 0 spiro atoms. The summed E-state index contributed by atoms with van der Waals surface area (Å²) in [5, 5.41) is 0.405. The van der Waals surface area contributed by atoms with E-state index in [0.29, 0.717) is 16.1 Å². The maximum Gasteiger partial charge on any atom is 0.146 e. The zero-order valence-corrected chi connectivity index (χ0v) is 11.8. The van der Waals surface area contributed by atoms with Crippen molar-refractivity contribution in [1.29, 1.82) is 0 Å². The molecule has 1 unspecified atom stereocenters. The Morgan fingerprint density at radius 3 is 2.55 bits per heavy atom. The highest BCUT2D eigenvalue weighted by Gasteiger charge is 2.18. The SMILES string of the molecule is NNC(Cc1cc(F)ccc1Cl)c1cccc(Cl)c1F. The number of hydrazine groups is 1. The first-order valence-electron chi connectivity index (χ1n) is 5.87. The van der Waals surface area contributed by atoms with Crippen LogP contribution in [0.25, 0.3) is 0 Å². The van der Waals surface area contributed by atoms with E-state index in [1.54, 1.807) is 12.1 Å². The summed E-state index contributed by atoms with van der Waals surface area (Å²) in [5.74, 6) is 4.50. The first kappa shape index (κ1) is 15.2. The van der Waals surface area contributed by atoms with Crippen LogP contribution >= 0.6 is 23.2 Å². The molecule has 0 saturated carbocycles. The van der Waals surface area contributed by atoms with Gasteiger partial charge in [-0.2, -0.15) is 0 Å². The highest BCUT2D eigenvalue weighted by atomic mass is 35.5. The number of hydrogen-bond donors (Lipinski definition) is 2. The van der Waals surface area contributed by atoms with Crippen molar-refractivity contribution in [2.24, 2.45) is 5.84 Å². The molecule has 20 heavy (non-hydrogen) atoms. The van der Waals surface area contributed by atoms with Crippen LogP contribution in [0.4, 0.5) is 8.78 Å². The number of halogens is 4. The lowest BCUT2D eigenvalue weighted by atomic mass is 9.99. The molecule has 0 saturated heterocycles. The summed E-state index contributed by atoms with van der Waals surface area (Å²) in [6, 6.07) is 8.09. The van der Waals surface area contributed by atoms with Crippen molar-refractivity contribution < 1.29 is 8.78 Å². The zero-order chi connectivity index (χ0) is 14.7. The lowest BCUT2D eigenvalue weighted by molar-refractivity contribution is 0.509. The largest absolute Gasteiger partial charge is 0.271 e. The van der Waals surface area contributed by atoms with Crippen LogP contribution in [0, 0.1) is 11.6 Å². The molecule has 0 bridgehead atoms. The minimum atomic E-state index is -0.562. The monoisotopic (exact) mass is 316 g/mol. The summed E-state index contributed by atoms with van der Waals surface area (Å²) < 4.78 is 27.2. The third kappa shape index (κ3) is 3.27. The summed E-state index contributed by atoms with van der Waals surface area (Å²) in [6.07, 6.45) is 0.240. The van der Waals surface area contributed by atoms with Gasteiger partial charge in [-0.05, 0) is 36.2 Å². The fourth-order valence-electron chi connectivity index (χ4n) is 1.97. The zero-order valence-electron chi connectivity index (χ0n) is 10.3. The molecule has 2 rings (SSSR count). The average Bonchev–Trinajstić information content (AvgIpc) is 2.43. The molecule has 2 aromatic rings. The van der Waals surface area contributed by atoms with E-state index in [-0.39, 0.29) is 11.4 Å². The quantitative estimate of drug-likeness (QED) is 0.660. The first-order valence-corrected chi connectivity index (χ1v) is 6.62. The molecule has 1 atom stereocenters. The van der Waals surface area contributed by atoms with Gasteiger partial charge in [-0.25, -0.2) is 8.78 Å². The van der Waals surface area contributed by atoms with Crippen molar-refractivity contribution in [2.45, 2.75) is 12.5 Å². The Labute approximate surface area is 125 Å². The van der Waals surface area contributed by atoms with Gasteiger partial charge in [0.25, 0.3) is 0 Å². The van der Waals surface area contributed by atoms with Crippen molar-refractivity contribution in [2.75, 3.05) is 0 Å². The molecule has 0 aliphatic rings. The van der Waals surface area contributed by atoms with Crippen molar-refractivity contribution in [1.82, 2.24) is 5.43 Å². The van der Waals surface area contributed by atoms with E-state index in [1.807, 2.05) is 0 Å². The molecular formula is C14H12Cl2F2N2. The Kier molecular flexibility index (Phi) is 4.94. The highest BCUT2D eigenvalue weighted by molar-refractivity contribution is 6.31. The van der Waals surface area contributed by atoms with Gasteiger partial charge in [0.05, 0.1) is 11.1 Å². The molecular weight excluding hydrogens is 305 g/mol. The van der Waals surface area contributed by atoms with Crippen LogP contribution in [0.1, 0.15) is 17.2 Å². The van der Waals surface area contributed by atoms with Crippen LogP contribution in [0.2, 0.25) is 10.0 Å². The van der Waals surface area contributed by atoms with Crippen molar-refractivity contribution in [3.05, 3.63) is 69.2 Å². The summed E-state index contributed by atoms with van der Waals surface area (Å²) in [4.78, 5) is 0. The Bertz CT molecular complexity index is 620. The summed E-state index contributed by atoms with van der Waals surface area (Å²) in [5.41, 5.74) is 3.34. The predicted octanol–water partition coefficient (Wildman–Crippen LogP) is 4.02. The van der Waals surface area contributed by atoms with E-state index < -0.39 is 17.7 Å². The molecule has 0 amide bonds. The van der Waals surface area contributed by atoms with Crippen LogP contribution < -0.4 is 11.3 Å². The first-order chi connectivity index (χ1) is 9.52. The smallest absolute Gasteiger partial charge is 0.146 e. The number of nitrogens with one attached hydrogen (secondary N) is 1. The van der Waals surface area contributed by atoms with Crippen LogP contribution in [0.15, 0.2) is 36.4 Å². The molecule has 0 aliphatic carbocycles. The van der Waals surface area contributed by atoms with Gasteiger partial charge in [0, 0.05) is 10.6 Å². The Morgan fingerprint density at radius 2 is 1.85 bits per heavy atom. The molecule has 3 N–H and O–H groups in total. The van der Waals surface area contributed by atoms with Gasteiger partial charge in [-0.1, -0.05) is 35.3 Å². The molecule has 0 aromatic heterocycles. The maximum atomic E-state index is 14.0. The van der Waals surface area contributed by atoms with Gasteiger partial charge in [0.15, 0.2) is 0 Å². The summed E-state index contributed by atoms with van der Waals surface area (Å²) in [7, 11) is 0. The van der Waals surface area contributed by atoms with Crippen molar-refractivity contribution in [3.63, 3.8) is 0 Å². The lowest BCUT2D eigenvalue weighted by Gasteiger charge is -2.18. The molecule has 2 aromatic carbocycles. The topological polar surface area (TPSA) is 38.0 Å².